The first-order valence-electron chi connectivity index (χ1n) is 7.96. The molecule has 2 amide bonds. The van der Waals surface area contributed by atoms with Crippen LogP contribution in [0.5, 0.6) is 11.5 Å². The average Bonchev–Trinajstić information content (AvgIpc) is 2.91. The lowest BCUT2D eigenvalue weighted by molar-refractivity contribution is -0.121. The molecular formula is C19H14BrCl2NO4S. The van der Waals surface area contributed by atoms with Gasteiger partial charge in [-0.05, 0) is 53.2 Å². The van der Waals surface area contributed by atoms with E-state index in [1.165, 1.54) is 14.2 Å². The third kappa shape index (κ3) is 4.49. The van der Waals surface area contributed by atoms with Crippen molar-refractivity contribution in [3.8, 4) is 11.5 Å². The van der Waals surface area contributed by atoms with Gasteiger partial charge < -0.3 is 9.47 Å². The zero-order chi connectivity index (χ0) is 20.4. The Hall–Kier alpha value is -1.67. The van der Waals surface area contributed by atoms with E-state index in [1.54, 1.807) is 30.3 Å². The highest BCUT2D eigenvalue weighted by atomic mass is 79.9. The van der Waals surface area contributed by atoms with Gasteiger partial charge in [0, 0.05) is 11.5 Å². The Kier molecular flexibility index (Phi) is 6.60. The maximum atomic E-state index is 12.1. The van der Waals surface area contributed by atoms with Gasteiger partial charge in [-0.25, -0.2) is 0 Å². The Bertz CT molecular complexity index is 996. The van der Waals surface area contributed by atoms with Crippen LogP contribution in [0.2, 0.25) is 10.0 Å². The molecule has 0 atom stereocenters. The SMILES string of the molecule is COc1cc(/C=C2\SC(=O)N(C)C2=O)c(Br)cc1OCc1ccc(Cl)c(Cl)c1. The first-order chi connectivity index (χ1) is 13.3. The van der Waals surface area contributed by atoms with Crippen molar-refractivity contribution >= 4 is 68.1 Å². The van der Waals surface area contributed by atoms with E-state index < -0.39 is 0 Å². The maximum absolute atomic E-state index is 12.1. The second-order valence-corrected chi connectivity index (χ2v) is 8.46. The molecule has 0 radical (unpaired) electrons. The van der Waals surface area contributed by atoms with Crippen molar-refractivity contribution in [3.05, 3.63) is 60.9 Å². The number of rotatable bonds is 5. The summed E-state index contributed by atoms with van der Waals surface area (Å²) in [5, 5.41) is 0.628. The van der Waals surface area contributed by atoms with E-state index in [0.29, 0.717) is 36.5 Å². The van der Waals surface area contributed by atoms with Gasteiger partial charge in [-0.1, -0.05) is 45.2 Å². The predicted octanol–water partition coefficient (Wildman–Crippen LogP) is 6.01. The fourth-order valence-electron chi connectivity index (χ4n) is 2.41. The molecule has 0 saturated carbocycles. The van der Waals surface area contributed by atoms with E-state index in [1.807, 2.05) is 6.07 Å². The second-order valence-electron chi connectivity index (χ2n) is 5.80. The van der Waals surface area contributed by atoms with Gasteiger partial charge in [-0.15, -0.1) is 0 Å². The van der Waals surface area contributed by atoms with Gasteiger partial charge in [0.05, 0.1) is 22.1 Å². The van der Waals surface area contributed by atoms with Crippen LogP contribution < -0.4 is 9.47 Å². The van der Waals surface area contributed by atoms with E-state index in [0.717, 1.165) is 22.2 Å². The molecule has 0 spiro atoms. The van der Waals surface area contributed by atoms with E-state index in [9.17, 15) is 9.59 Å². The fourth-order valence-corrected chi connectivity index (χ4v) is 3.99. The molecule has 2 aromatic carbocycles. The summed E-state index contributed by atoms with van der Waals surface area (Å²) in [5.74, 6) is 0.673. The van der Waals surface area contributed by atoms with Gasteiger partial charge in [0.25, 0.3) is 11.1 Å². The van der Waals surface area contributed by atoms with Crippen LogP contribution in [0.25, 0.3) is 6.08 Å². The Morgan fingerprint density at radius 2 is 1.89 bits per heavy atom. The monoisotopic (exact) mass is 501 g/mol. The molecule has 5 nitrogen and oxygen atoms in total. The van der Waals surface area contributed by atoms with Gasteiger partial charge in [-0.3, -0.25) is 14.5 Å². The van der Waals surface area contributed by atoms with Crippen LogP contribution >= 0.6 is 50.9 Å². The summed E-state index contributed by atoms with van der Waals surface area (Å²) in [7, 11) is 2.98. The fraction of sp³-hybridized carbons (Fsp3) is 0.158. The van der Waals surface area contributed by atoms with Crippen molar-refractivity contribution < 1.29 is 19.1 Å². The van der Waals surface area contributed by atoms with Gasteiger partial charge in [0.15, 0.2) is 11.5 Å². The Labute approximate surface area is 184 Å². The third-order valence-electron chi connectivity index (χ3n) is 3.93. The zero-order valence-corrected chi connectivity index (χ0v) is 18.7. The van der Waals surface area contributed by atoms with Crippen molar-refractivity contribution in [2.24, 2.45) is 0 Å². The van der Waals surface area contributed by atoms with Crippen molar-refractivity contribution in [2.45, 2.75) is 6.61 Å². The minimum atomic E-state index is -0.333. The minimum Gasteiger partial charge on any atom is -0.493 e. The van der Waals surface area contributed by atoms with E-state index >= 15 is 0 Å². The molecule has 9 heteroatoms. The van der Waals surface area contributed by atoms with Crippen LogP contribution in [0, 0.1) is 0 Å². The second kappa shape index (κ2) is 8.78. The van der Waals surface area contributed by atoms with Crippen LogP contribution in [0.4, 0.5) is 4.79 Å². The maximum Gasteiger partial charge on any atom is 0.293 e. The van der Waals surface area contributed by atoms with Gasteiger partial charge in [0.2, 0.25) is 0 Å². The lowest BCUT2D eigenvalue weighted by atomic mass is 10.1. The van der Waals surface area contributed by atoms with Crippen LogP contribution in [0.15, 0.2) is 39.7 Å². The molecule has 1 fully saturated rings. The molecule has 1 aliphatic rings. The third-order valence-corrected chi connectivity index (χ3v) is 6.32. The van der Waals surface area contributed by atoms with Crippen molar-refractivity contribution in [1.82, 2.24) is 4.90 Å². The molecule has 1 aliphatic heterocycles. The molecule has 0 aromatic heterocycles. The van der Waals surface area contributed by atoms with Gasteiger partial charge >= 0.3 is 0 Å². The number of halogens is 3. The Morgan fingerprint density at radius 3 is 2.50 bits per heavy atom. The number of imide groups is 1. The van der Waals surface area contributed by atoms with Crippen LogP contribution in [-0.2, 0) is 11.4 Å². The number of carbonyl (C=O) groups is 2. The normalized spacial score (nSPS) is 15.5. The number of benzene rings is 2. The van der Waals surface area contributed by atoms with Crippen LogP contribution in [0.1, 0.15) is 11.1 Å². The summed E-state index contributed by atoms with van der Waals surface area (Å²) in [6, 6.07) is 8.75. The summed E-state index contributed by atoms with van der Waals surface area (Å²) >= 11 is 16.3. The largest absolute Gasteiger partial charge is 0.493 e. The first-order valence-corrected chi connectivity index (χ1v) is 10.3. The first kappa shape index (κ1) is 21.0. The number of thioether (sulfide) groups is 1. The molecule has 0 N–H and O–H groups in total. The molecule has 1 heterocycles. The highest BCUT2D eigenvalue weighted by Gasteiger charge is 2.32. The Balaban J connectivity index is 1.84. The number of ether oxygens (including phenoxy) is 2. The molecular weight excluding hydrogens is 489 g/mol. The predicted molar refractivity (Wildman–Crippen MR) is 115 cm³/mol. The summed E-state index contributed by atoms with van der Waals surface area (Å²) in [5.41, 5.74) is 1.55. The lowest BCUT2D eigenvalue weighted by Crippen LogP contribution is -2.22. The highest BCUT2D eigenvalue weighted by Crippen LogP contribution is 2.38. The smallest absolute Gasteiger partial charge is 0.293 e. The van der Waals surface area contributed by atoms with Crippen molar-refractivity contribution in [3.63, 3.8) is 0 Å². The quantitative estimate of drug-likeness (QED) is 0.468. The molecule has 146 valence electrons. The number of nitrogens with zero attached hydrogens (tertiary/aromatic N) is 1. The summed E-state index contributed by atoms with van der Waals surface area (Å²) < 4.78 is 12.0. The molecule has 0 unspecified atom stereocenters. The van der Waals surface area contributed by atoms with E-state index in [4.69, 9.17) is 32.7 Å². The number of hydrogen-bond donors (Lipinski definition) is 0. The molecule has 0 bridgehead atoms. The standard InChI is InChI=1S/C19H14BrCl2NO4S/c1-23-18(24)17(28-19(23)25)7-11-6-15(26-2)16(8-12(11)20)27-9-10-3-4-13(21)14(22)5-10/h3-8H,9H2,1-2H3/b17-7-. The summed E-state index contributed by atoms with van der Waals surface area (Å²) in [4.78, 5) is 25.2. The van der Waals surface area contributed by atoms with Crippen molar-refractivity contribution in [2.75, 3.05) is 14.2 Å². The molecule has 1 saturated heterocycles. The average molecular weight is 503 g/mol. The molecule has 2 aromatic rings. The minimum absolute atomic E-state index is 0.272. The molecule has 0 aliphatic carbocycles. The molecule has 28 heavy (non-hydrogen) atoms. The summed E-state index contributed by atoms with van der Waals surface area (Å²) in [6.45, 7) is 0.272. The number of methoxy groups -OCH3 is 1. The number of amides is 2. The topological polar surface area (TPSA) is 55.8 Å². The van der Waals surface area contributed by atoms with E-state index in [-0.39, 0.29) is 17.8 Å². The van der Waals surface area contributed by atoms with Crippen molar-refractivity contribution in [1.29, 1.82) is 0 Å². The number of hydrogen-bond acceptors (Lipinski definition) is 5. The van der Waals surface area contributed by atoms with E-state index in [2.05, 4.69) is 15.9 Å². The summed E-state index contributed by atoms with van der Waals surface area (Å²) in [6.07, 6.45) is 1.64. The Morgan fingerprint density at radius 1 is 1.14 bits per heavy atom. The highest BCUT2D eigenvalue weighted by molar-refractivity contribution is 9.10. The van der Waals surface area contributed by atoms with Crippen LogP contribution in [0.3, 0.4) is 0 Å². The number of likely N-dealkylation sites (N-methyl/N-ethyl adjacent to an activating group) is 1. The van der Waals surface area contributed by atoms with Crippen LogP contribution in [-0.4, -0.2) is 30.2 Å². The zero-order valence-electron chi connectivity index (χ0n) is 14.8. The van der Waals surface area contributed by atoms with Gasteiger partial charge in [0.1, 0.15) is 6.61 Å². The molecule has 3 rings (SSSR count). The number of carbonyl (C=O) groups excluding carboxylic acids is 2. The lowest BCUT2D eigenvalue weighted by Gasteiger charge is -2.13. The van der Waals surface area contributed by atoms with Gasteiger partial charge in [-0.2, -0.15) is 0 Å².